The molecule has 7 heteroatoms. The summed E-state index contributed by atoms with van der Waals surface area (Å²) in [6.07, 6.45) is 2.85. The van der Waals surface area contributed by atoms with E-state index in [9.17, 15) is 0 Å². The number of aromatic nitrogens is 4. The summed E-state index contributed by atoms with van der Waals surface area (Å²) in [5, 5.41) is 7.37. The molecular formula is C13H18N6O. The number of nitrogens with one attached hydrogen (secondary N) is 1. The Hall–Kier alpha value is -1.86. The van der Waals surface area contributed by atoms with Crippen LogP contribution >= 0.6 is 0 Å². The zero-order valence-corrected chi connectivity index (χ0v) is 11.5. The summed E-state index contributed by atoms with van der Waals surface area (Å²) in [7, 11) is 0. The number of hydrogen-bond acceptors (Lipinski definition) is 7. The van der Waals surface area contributed by atoms with Gasteiger partial charge >= 0.3 is 0 Å². The van der Waals surface area contributed by atoms with E-state index in [-0.39, 0.29) is 0 Å². The van der Waals surface area contributed by atoms with Crippen LogP contribution in [-0.4, -0.2) is 51.2 Å². The van der Waals surface area contributed by atoms with Crippen LogP contribution < -0.4 is 5.32 Å². The van der Waals surface area contributed by atoms with Crippen molar-refractivity contribution >= 4 is 0 Å². The summed E-state index contributed by atoms with van der Waals surface area (Å²) >= 11 is 0. The molecule has 0 aromatic carbocycles. The van der Waals surface area contributed by atoms with E-state index < -0.39 is 0 Å². The number of rotatable bonds is 3. The Balaban J connectivity index is 1.70. The highest BCUT2D eigenvalue weighted by Gasteiger charge is 2.15. The largest absolute Gasteiger partial charge is 0.337 e. The van der Waals surface area contributed by atoms with Crippen molar-refractivity contribution in [3.8, 4) is 11.5 Å². The van der Waals surface area contributed by atoms with Gasteiger partial charge in [0.15, 0.2) is 0 Å². The standard InChI is InChI=1S/C13H18N6O/c1-10-15-5-3-11(16-10)13-17-12(20-18-13)9-19-7-2-4-14-6-8-19/h3,5,14H,2,4,6-9H2,1H3. The fraction of sp³-hybridized carbons (Fsp3) is 0.538. The molecule has 20 heavy (non-hydrogen) atoms. The van der Waals surface area contributed by atoms with E-state index >= 15 is 0 Å². The molecule has 0 bridgehead atoms. The predicted octanol–water partition coefficient (Wildman–Crippen LogP) is 0.630. The second-order valence-corrected chi connectivity index (χ2v) is 4.88. The van der Waals surface area contributed by atoms with Crippen molar-refractivity contribution in [2.45, 2.75) is 19.9 Å². The fourth-order valence-corrected chi connectivity index (χ4v) is 2.25. The first-order valence-corrected chi connectivity index (χ1v) is 6.87. The van der Waals surface area contributed by atoms with Crippen LogP contribution in [0.25, 0.3) is 11.5 Å². The van der Waals surface area contributed by atoms with E-state index in [1.165, 1.54) is 0 Å². The van der Waals surface area contributed by atoms with Gasteiger partial charge in [-0.2, -0.15) is 4.98 Å². The van der Waals surface area contributed by atoms with Gasteiger partial charge in [0.05, 0.1) is 6.54 Å². The normalized spacial score (nSPS) is 17.1. The summed E-state index contributed by atoms with van der Waals surface area (Å²) in [6, 6.07) is 1.79. The van der Waals surface area contributed by atoms with Crippen molar-refractivity contribution in [1.29, 1.82) is 0 Å². The molecule has 0 spiro atoms. The molecule has 0 saturated carbocycles. The van der Waals surface area contributed by atoms with Crippen LogP contribution in [0.5, 0.6) is 0 Å². The van der Waals surface area contributed by atoms with Crippen molar-refractivity contribution in [3.05, 3.63) is 24.0 Å². The van der Waals surface area contributed by atoms with Crippen LogP contribution in [0.15, 0.2) is 16.8 Å². The Morgan fingerprint density at radius 1 is 1.30 bits per heavy atom. The lowest BCUT2D eigenvalue weighted by atomic mass is 10.3. The maximum atomic E-state index is 5.32. The zero-order valence-electron chi connectivity index (χ0n) is 11.5. The van der Waals surface area contributed by atoms with Crippen molar-refractivity contribution in [3.63, 3.8) is 0 Å². The van der Waals surface area contributed by atoms with Gasteiger partial charge in [0.25, 0.3) is 0 Å². The summed E-state index contributed by atoms with van der Waals surface area (Å²) in [5.41, 5.74) is 0.699. The molecule has 0 amide bonds. The monoisotopic (exact) mass is 274 g/mol. The highest BCUT2D eigenvalue weighted by atomic mass is 16.5. The molecule has 1 fully saturated rings. The quantitative estimate of drug-likeness (QED) is 0.879. The van der Waals surface area contributed by atoms with E-state index in [2.05, 4.69) is 30.3 Å². The molecule has 3 rings (SSSR count). The van der Waals surface area contributed by atoms with Crippen molar-refractivity contribution < 1.29 is 4.52 Å². The first kappa shape index (κ1) is 13.1. The van der Waals surface area contributed by atoms with E-state index in [1.807, 2.05) is 6.92 Å². The number of hydrogen-bond donors (Lipinski definition) is 1. The first-order valence-electron chi connectivity index (χ1n) is 6.87. The topological polar surface area (TPSA) is 80.0 Å². The number of nitrogens with zero attached hydrogens (tertiary/aromatic N) is 5. The molecule has 0 unspecified atom stereocenters. The Kier molecular flexibility index (Phi) is 3.98. The van der Waals surface area contributed by atoms with E-state index in [0.29, 0.717) is 29.8 Å². The lowest BCUT2D eigenvalue weighted by molar-refractivity contribution is 0.239. The molecule has 2 aromatic heterocycles. The van der Waals surface area contributed by atoms with Gasteiger partial charge in [-0.15, -0.1) is 0 Å². The Bertz CT molecular complexity index is 561. The molecule has 3 heterocycles. The molecule has 0 aliphatic carbocycles. The maximum Gasteiger partial charge on any atom is 0.241 e. The van der Waals surface area contributed by atoms with Gasteiger partial charge in [-0.05, 0) is 32.5 Å². The van der Waals surface area contributed by atoms with Gasteiger partial charge < -0.3 is 9.84 Å². The third-order valence-electron chi connectivity index (χ3n) is 3.26. The molecular weight excluding hydrogens is 256 g/mol. The minimum Gasteiger partial charge on any atom is -0.337 e. The molecule has 0 radical (unpaired) electrons. The third kappa shape index (κ3) is 3.17. The van der Waals surface area contributed by atoms with Gasteiger partial charge in [-0.3, -0.25) is 4.90 Å². The van der Waals surface area contributed by atoms with Gasteiger partial charge in [-0.1, -0.05) is 5.16 Å². The summed E-state index contributed by atoms with van der Waals surface area (Å²) < 4.78 is 5.32. The summed E-state index contributed by atoms with van der Waals surface area (Å²) in [4.78, 5) is 15.1. The minimum atomic E-state index is 0.526. The lowest BCUT2D eigenvalue weighted by Crippen LogP contribution is -2.27. The molecule has 106 valence electrons. The zero-order chi connectivity index (χ0) is 13.8. The van der Waals surface area contributed by atoms with Crippen LogP contribution in [0.2, 0.25) is 0 Å². The summed E-state index contributed by atoms with van der Waals surface area (Å²) in [5.74, 6) is 1.86. The SMILES string of the molecule is Cc1nccc(-c2noc(CN3CCCNCC3)n2)n1. The average Bonchev–Trinajstić information content (AvgIpc) is 2.75. The molecule has 1 aliphatic heterocycles. The van der Waals surface area contributed by atoms with Crippen LogP contribution in [0, 0.1) is 6.92 Å². The van der Waals surface area contributed by atoms with Crippen LogP contribution in [0.3, 0.4) is 0 Å². The van der Waals surface area contributed by atoms with Gasteiger partial charge in [-0.25, -0.2) is 9.97 Å². The van der Waals surface area contributed by atoms with Crippen LogP contribution in [0.1, 0.15) is 18.1 Å². The Labute approximate surface area is 117 Å². The van der Waals surface area contributed by atoms with Crippen molar-refractivity contribution in [1.82, 2.24) is 30.3 Å². The fourth-order valence-electron chi connectivity index (χ4n) is 2.25. The predicted molar refractivity (Wildman–Crippen MR) is 72.8 cm³/mol. The van der Waals surface area contributed by atoms with Crippen LogP contribution in [0.4, 0.5) is 0 Å². The highest BCUT2D eigenvalue weighted by molar-refractivity contribution is 5.46. The number of aryl methyl sites for hydroxylation is 1. The minimum absolute atomic E-state index is 0.526. The molecule has 7 nitrogen and oxygen atoms in total. The molecule has 0 atom stereocenters. The highest BCUT2D eigenvalue weighted by Crippen LogP contribution is 2.13. The van der Waals surface area contributed by atoms with Gasteiger partial charge in [0.2, 0.25) is 11.7 Å². The smallest absolute Gasteiger partial charge is 0.241 e. The molecule has 2 aromatic rings. The molecule has 1 saturated heterocycles. The Morgan fingerprint density at radius 3 is 3.15 bits per heavy atom. The lowest BCUT2D eigenvalue weighted by Gasteiger charge is -2.16. The van der Waals surface area contributed by atoms with E-state index in [4.69, 9.17) is 4.52 Å². The summed E-state index contributed by atoms with van der Waals surface area (Å²) in [6.45, 7) is 6.67. The Morgan fingerprint density at radius 2 is 2.25 bits per heavy atom. The van der Waals surface area contributed by atoms with E-state index in [0.717, 1.165) is 32.6 Å². The van der Waals surface area contributed by atoms with Crippen molar-refractivity contribution in [2.75, 3.05) is 26.2 Å². The van der Waals surface area contributed by atoms with E-state index in [1.54, 1.807) is 12.3 Å². The van der Waals surface area contributed by atoms with Gasteiger partial charge in [0.1, 0.15) is 11.5 Å². The second-order valence-electron chi connectivity index (χ2n) is 4.88. The first-order chi connectivity index (χ1) is 9.81. The molecule has 1 N–H and O–H groups in total. The third-order valence-corrected chi connectivity index (χ3v) is 3.26. The van der Waals surface area contributed by atoms with Crippen molar-refractivity contribution in [2.24, 2.45) is 0 Å². The molecule has 1 aliphatic rings. The van der Waals surface area contributed by atoms with Gasteiger partial charge in [0, 0.05) is 19.3 Å². The maximum absolute atomic E-state index is 5.32. The average molecular weight is 274 g/mol. The second kappa shape index (κ2) is 6.06. The van der Waals surface area contributed by atoms with Crippen LogP contribution in [-0.2, 0) is 6.54 Å².